The molecule has 1 aliphatic carbocycles. The summed E-state index contributed by atoms with van der Waals surface area (Å²) in [5, 5.41) is 12.1. The number of nitrogens with zero attached hydrogens (tertiary/aromatic N) is 4. The van der Waals surface area contributed by atoms with Crippen molar-refractivity contribution in [3.63, 3.8) is 0 Å². The van der Waals surface area contributed by atoms with Crippen LogP contribution in [-0.4, -0.2) is 40.0 Å². The number of carbonyl (C=O) groups is 2. The minimum Gasteiger partial charge on any atom is -0.354 e. The van der Waals surface area contributed by atoms with Gasteiger partial charge in [0.1, 0.15) is 0 Å². The number of amides is 1. The molecule has 1 atom stereocenters. The second kappa shape index (κ2) is 7.34. The van der Waals surface area contributed by atoms with Crippen molar-refractivity contribution in [1.82, 2.24) is 15.2 Å². The fraction of sp³-hybridized carbons (Fsp3) is 0.526. The fourth-order valence-corrected chi connectivity index (χ4v) is 4.72. The van der Waals surface area contributed by atoms with Gasteiger partial charge in [-0.25, -0.2) is 4.98 Å². The van der Waals surface area contributed by atoms with Crippen LogP contribution in [0.3, 0.4) is 0 Å². The number of nitrogens with one attached hydrogen (secondary N) is 1. The predicted octanol–water partition coefficient (Wildman–Crippen LogP) is 2.79. The van der Waals surface area contributed by atoms with E-state index < -0.39 is 0 Å². The van der Waals surface area contributed by atoms with Gasteiger partial charge in [0.05, 0.1) is 22.2 Å². The highest BCUT2D eigenvalue weighted by Crippen LogP contribution is 2.28. The molecule has 1 amide bonds. The van der Waals surface area contributed by atoms with E-state index in [0.717, 1.165) is 50.2 Å². The Morgan fingerprint density at radius 2 is 2.11 bits per heavy atom. The first-order valence-corrected chi connectivity index (χ1v) is 10.2. The van der Waals surface area contributed by atoms with Crippen LogP contribution in [0.1, 0.15) is 52.8 Å². The van der Waals surface area contributed by atoms with Crippen molar-refractivity contribution in [3.8, 4) is 0 Å². The number of fused-ring (bicyclic) bond motifs is 1. The Kier molecular flexibility index (Phi) is 4.90. The number of hydrogen-bond donors (Lipinski definition) is 1. The lowest BCUT2D eigenvalue weighted by atomic mass is 9.97. The minimum absolute atomic E-state index is 0.0236. The van der Waals surface area contributed by atoms with Gasteiger partial charge in [0.2, 0.25) is 5.91 Å². The van der Waals surface area contributed by atoms with E-state index in [-0.39, 0.29) is 17.6 Å². The topological polar surface area (TPSA) is 88.1 Å². The van der Waals surface area contributed by atoms with Gasteiger partial charge in [-0.1, -0.05) is 11.3 Å². The number of carbonyl (C=O) groups excluding carboxylic acids is 2. The first-order valence-electron chi connectivity index (χ1n) is 9.41. The van der Waals surface area contributed by atoms with Crippen LogP contribution < -0.4 is 10.2 Å². The fourth-order valence-electron chi connectivity index (χ4n) is 3.85. The third-order valence-corrected chi connectivity index (χ3v) is 6.44. The molecule has 1 saturated heterocycles. The highest BCUT2D eigenvalue weighted by molar-refractivity contribution is 7.17. The summed E-state index contributed by atoms with van der Waals surface area (Å²) in [6, 6.07) is 2.14. The van der Waals surface area contributed by atoms with E-state index in [9.17, 15) is 9.59 Å². The molecule has 0 saturated carbocycles. The highest BCUT2D eigenvalue weighted by Gasteiger charge is 2.28. The lowest BCUT2D eigenvalue weighted by Crippen LogP contribution is -2.41. The first-order chi connectivity index (χ1) is 13.0. The standard InChI is InChI=1S/C19H23N5O2S/c1-11-17(12(2)25)27-19(20-11)21-18(26)14-6-4-8-24(10-14)16-9-13-5-3-7-15(13)22-23-16/h9,14H,3-8,10H2,1-2H3,(H,20,21,26)/t14-/m0/s1. The van der Waals surface area contributed by atoms with Crippen LogP contribution in [0.25, 0.3) is 0 Å². The van der Waals surface area contributed by atoms with E-state index in [0.29, 0.717) is 22.2 Å². The second-order valence-electron chi connectivity index (χ2n) is 7.29. The second-order valence-corrected chi connectivity index (χ2v) is 8.29. The molecule has 4 rings (SSSR count). The van der Waals surface area contributed by atoms with Crippen molar-refractivity contribution in [3.05, 3.63) is 27.9 Å². The smallest absolute Gasteiger partial charge is 0.231 e. The first kappa shape index (κ1) is 18.0. The van der Waals surface area contributed by atoms with Gasteiger partial charge >= 0.3 is 0 Å². The minimum atomic E-state index is -0.126. The molecule has 2 aromatic rings. The average Bonchev–Trinajstić information content (AvgIpc) is 3.27. The third-order valence-electron chi connectivity index (χ3n) is 5.27. The number of aryl methyl sites for hydroxylation is 3. The van der Waals surface area contributed by atoms with Crippen molar-refractivity contribution in [2.75, 3.05) is 23.3 Å². The summed E-state index contributed by atoms with van der Waals surface area (Å²) in [5.74, 6) is 0.679. The number of rotatable bonds is 4. The van der Waals surface area contributed by atoms with Crippen LogP contribution in [-0.2, 0) is 17.6 Å². The van der Waals surface area contributed by atoms with Gasteiger partial charge in [-0.15, -0.1) is 5.10 Å². The third kappa shape index (κ3) is 3.71. The van der Waals surface area contributed by atoms with E-state index in [4.69, 9.17) is 0 Å². The zero-order chi connectivity index (χ0) is 19.0. The number of anilines is 2. The predicted molar refractivity (Wildman–Crippen MR) is 104 cm³/mol. The Labute approximate surface area is 162 Å². The summed E-state index contributed by atoms with van der Waals surface area (Å²) in [6.45, 7) is 4.83. The molecule has 1 N–H and O–H groups in total. The number of Topliss-reactive ketones (excluding diaryl/α,β-unsaturated/α-hetero) is 1. The van der Waals surface area contributed by atoms with E-state index in [2.05, 4.69) is 31.5 Å². The van der Waals surface area contributed by atoms with Gasteiger partial charge in [-0.05, 0) is 50.7 Å². The van der Waals surface area contributed by atoms with Crippen LogP contribution >= 0.6 is 11.3 Å². The van der Waals surface area contributed by atoms with E-state index in [1.165, 1.54) is 23.8 Å². The Morgan fingerprint density at radius 1 is 1.26 bits per heavy atom. The molecule has 1 fully saturated rings. The van der Waals surface area contributed by atoms with E-state index in [1.54, 1.807) is 6.92 Å². The van der Waals surface area contributed by atoms with Gasteiger partial charge < -0.3 is 10.2 Å². The van der Waals surface area contributed by atoms with Gasteiger partial charge in [-0.3, -0.25) is 9.59 Å². The highest BCUT2D eigenvalue weighted by atomic mass is 32.1. The van der Waals surface area contributed by atoms with Crippen LogP contribution in [0.4, 0.5) is 10.9 Å². The molecule has 0 unspecified atom stereocenters. The molecular weight excluding hydrogens is 362 g/mol. The van der Waals surface area contributed by atoms with Crippen LogP contribution in [0.5, 0.6) is 0 Å². The number of aromatic nitrogens is 3. The Balaban J connectivity index is 1.44. The zero-order valence-electron chi connectivity index (χ0n) is 15.6. The molecule has 3 heterocycles. The maximum Gasteiger partial charge on any atom is 0.231 e. The molecule has 2 aliphatic rings. The van der Waals surface area contributed by atoms with Crippen molar-refractivity contribution in [2.24, 2.45) is 5.92 Å². The summed E-state index contributed by atoms with van der Waals surface area (Å²) >= 11 is 1.24. The van der Waals surface area contributed by atoms with Gasteiger partial charge in [0, 0.05) is 20.0 Å². The van der Waals surface area contributed by atoms with Crippen LogP contribution in [0.15, 0.2) is 6.07 Å². The zero-order valence-corrected chi connectivity index (χ0v) is 16.4. The average molecular weight is 385 g/mol. The van der Waals surface area contributed by atoms with Crippen molar-refractivity contribution < 1.29 is 9.59 Å². The number of thiazole rings is 1. The SMILES string of the molecule is CC(=O)c1sc(NC(=O)[C@H]2CCCN(c3cc4c(nn3)CCC4)C2)nc1C. The number of ketones is 1. The van der Waals surface area contributed by atoms with Crippen LogP contribution in [0, 0.1) is 12.8 Å². The summed E-state index contributed by atoms with van der Waals surface area (Å²) in [4.78, 5) is 31.4. The molecule has 1 aliphatic heterocycles. The Bertz CT molecular complexity index is 894. The number of piperidine rings is 1. The molecule has 27 heavy (non-hydrogen) atoms. The van der Waals surface area contributed by atoms with Crippen molar-refractivity contribution >= 4 is 34.0 Å². The quantitative estimate of drug-likeness (QED) is 0.814. The monoisotopic (exact) mass is 385 g/mol. The number of hydrogen-bond acceptors (Lipinski definition) is 7. The molecule has 0 bridgehead atoms. The molecule has 142 valence electrons. The molecule has 0 aromatic carbocycles. The van der Waals surface area contributed by atoms with E-state index >= 15 is 0 Å². The van der Waals surface area contributed by atoms with Gasteiger partial charge in [-0.2, -0.15) is 5.10 Å². The summed E-state index contributed by atoms with van der Waals surface area (Å²) < 4.78 is 0. The Morgan fingerprint density at radius 3 is 2.89 bits per heavy atom. The lowest BCUT2D eigenvalue weighted by molar-refractivity contribution is -0.120. The van der Waals surface area contributed by atoms with Gasteiger partial charge in [0.25, 0.3) is 0 Å². The van der Waals surface area contributed by atoms with Gasteiger partial charge in [0.15, 0.2) is 16.7 Å². The maximum atomic E-state index is 12.7. The van der Waals surface area contributed by atoms with Crippen molar-refractivity contribution in [2.45, 2.75) is 46.0 Å². The molecule has 7 nitrogen and oxygen atoms in total. The lowest BCUT2D eigenvalue weighted by Gasteiger charge is -2.32. The Hall–Kier alpha value is -2.35. The largest absolute Gasteiger partial charge is 0.354 e. The summed E-state index contributed by atoms with van der Waals surface area (Å²) in [7, 11) is 0. The summed E-state index contributed by atoms with van der Waals surface area (Å²) in [5.41, 5.74) is 3.08. The molecule has 0 spiro atoms. The normalized spacial score (nSPS) is 19.0. The van der Waals surface area contributed by atoms with Crippen LogP contribution in [0.2, 0.25) is 0 Å². The molecule has 2 aromatic heterocycles. The molecular formula is C19H23N5O2S. The molecule has 8 heteroatoms. The maximum absolute atomic E-state index is 12.7. The van der Waals surface area contributed by atoms with E-state index in [1.807, 2.05) is 0 Å². The van der Waals surface area contributed by atoms with Crippen molar-refractivity contribution in [1.29, 1.82) is 0 Å². The molecule has 0 radical (unpaired) electrons. The summed E-state index contributed by atoms with van der Waals surface area (Å²) in [6.07, 6.45) is 5.01.